The smallest absolute Gasteiger partial charge is 0.383 e. The normalized spacial score (nSPS) is 10.3. The maximum Gasteiger partial charge on any atom is 0.466 e. The molecule has 1 aromatic heterocycles. The Balaban J connectivity index is 0.000000292. The van der Waals surface area contributed by atoms with Gasteiger partial charge in [0.1, 0.15) is 5.82 Å². The summed E-state index contributed by atoms with van der Waals surface area (Å²) in [5.41, 5.74) is 4.88. The van der Waals surface area contributed by atoms with Crippen molar-refractivity contribution in [3.63, 3.8) is 0 Å². The maximum absolute atomic E-state index is 10.6. The van der Waals surface area contributed by atoms with Gasteiger partial charge in [0.25, 0.3) is 0 Å². The van der Waals surface area contributed by atoms with E-state index in [9.17, 15) is 4.79 Å². The molecule has 0 radical (unpaired) electrons. The summed E-state index contributed by atoms with van der Waals surface area (Å²) in [7, 11) is -3.02. The van der Waals surface area contributed by atoms with E-state index in [4.69, 9.17) is 25.0 Å². The van der Waals surface area contributed by atoms with Crippen LogP contribution in [0.3, 0.4) is 0 Å². The molecule has 0 amide bonds. The first kappa shape index (κ1) is 12.8. The van der Waals surface area contributed by atoms with Crippen LogP contribution in [0.4, 0.5) is 5.82 Å². The number of rotatable bonds is 0. The SMILES string of the molecule is Cn1ccc(N)nc1=O.O=P(O)(O)O. The average Bonchev–Trinajstić information content (AvgIpc) is 1.94. The minimum atomic E-state index is -4.64. The maximum atomic E-state index is 10.6. The summed E-state index contributed by atoms with van der Waals surface area (Å²) in [6, 6.07) is 1.57. The molecule has 0 aromatic carbocycles. The molecule has 14 heavy (non-hydrogen) atoms. The number of phosphoric acid groups is 1. The largest absolute Gasteiger partial charge is 0.466 e. The van der Waals surface area contributed by atoms with Crippen molar-refractivity contribution in [2.45, 2.75) is 0 Å². The summed E-state index contributed by atoms with van der Waals surface area (Å²) in [5.74, 6) is 0.262. The minimum Gasteiger partial charge on any atom is -0.383 e. The van der Waals surface area contributed by atoms with Crippen molar-refractivity contribution in [2.75, 3.05) is 5.73 Å². The Morgan fingerprint density at radius 3 is 2.21 bits per heavy atom. The van der Waals surface area contributed by atoms with Crippen molar-refractivity contribution in [3.05, 3.63) is 22.7 Å². The van der Waals surface area contributed by atoms with Gasteiger partial charge >= 0.3 is 13.5 Å². The van der Waals surface area contributed by atoms with E-state index < -0.39 is 7.82 Å². The van der Waals surface area contributed by atoms with E-state index in [1.807, 2.05) is 0 Å². The van der Waals surface area contributed by atoms with Gasteiger partial charge in [-0.25, -0.2) is 9.36 Å². The van der Waals surface area contributed by atoms with Gasteiger partial charge in [0, 0.05) is 13.2 Å². The van der Waals surface area contributed by atoms with Crippen LogP contribution in [-0.4, -0.2) is 24.2 Å². The van der Waals surface area contributed by atoms with Crippen molar-refractivity contribution in [3.8, 4) is 0 Å². The van der Waals surface area contributed by atoms with Crippen molar-refractivity contribution in [1.82, 2.24) is 9.55 Å². The zero-order chi connectivity index (χ0) is 11.4. The fraction of sp³-hybridized carbons (Fsp3) is 0.200. The van der Waals surface area contributed by atoms with Crippen LogP contribution in [-0.2, 0) is 11.6 Å². The van der Waals surface area contributed by atoms with Gasteiger partial charge in [0.2, 0.25) is 0 Å². The van der Waals surface area contributed by atoms with E-state index >= 15 is 0 Å². The van der Waals surface area contributed by atoms with Crippen LogP contribution in [0.25, 0.3) is 0 Å². The predicted octanol–water partition coefficient (Wildman–Crippen LogP) is -1.57. The second-order valence-corrected chi connectivity index (χ2v) is 3.29. The summed E-state index contributed by atoms with van der Waals surface area (Å²) < 4.78 is 10.2. The molecule has 9 heteroatoms. The quantitative estimate of drug-likeness (QED) is 0.390. The number of hydrogen-bond acceptors (Lipinski definition) is 4. The lowest BCUT2D eigenvalue weighted by atomic mass is 10.6. The van der Waals surface area contributed by atoms with Gasteiger partial charge in [0.05, 0.1) is 0 Å². The first-order valence-electron chi connectivity index (χ1n) is 3.27. The van der Waals surface area contributed by atoms with Gasteiger partial charge in [0.15, 0.2) is 0 Å². The molecule has 80 valence electrons. The Morgan fingerprint density at radius 1 is 1.50 bits per heavy atom. The van der Waals surface area contributed by atoms with Crippen molar-refractivity contribution >= 4 is 13.6 Å². The van der Waals surface area contributed by atoms with Gasteiger partial charge in [-0.3, -0.25) is 0 Å². The summed E-state index contributed by atoms with van der Waals surface area (Å²) in [5, 5.41) is 0. The van der Waals surface area contributed by atoms with Gasteiger partial charge in [-0.2, -0.15) is 4.98 Å². The Kier molecular flexibility index (Phi) is 4.45. The van der Waals surface area contributed by atoms with E-state index in [2.05, 4.69) is 4.98 Å². The van der Waals surface area contributed by atoms with Crippen molar-refractivity contribution in [2.24, 2.45) is 7.05 Å². The first-order valence-corrected chi connectivity index (χ1v) is 4.84. The molecule has 0 aliphatic rings. The molecular formula is C5H10N3O5P. The molecular weight excluding hydrogens is 213 g/mol. The molecule has 0 atom stereocenters. The third-order valence-electron chi connectivity index (χ3n) is 0.995. The Morgan fingerprint density at radius 2 is 1.93 bits per heavy atom. The van der Waals surface area contributed by atoms with E-state index in [1.54, 1.807) is 19.3 Å². The second kappa shape index (κ2) is 4.87. The van der Waals surface area contributed by atoms with E-state index in [0.29, 0.717) is 0 Å². The summed E-state index contributed by atoms with van der Waals surface area (Å²) in [6.07, 6.45) is 1.57. The summed E-state index contributed by atoms with van der Waals surface area (Å²) >= 11 is 0. The highest BCUT2D eigenvalue weighted by atomic mass is 31.2. The number of hydrogen-bond donors (Lipinski definition) is 4. The predicted molar refractivity (Wildman–Crippen MR) is 48.2 cm³/mol. The molecule has 1 heterocycles. The lowest BCUT2D eigenvalue weighted by Gasteiger charge is -1.92. The number of aryl methyl sites for hydroxylation is 1. The van der Waals surface area contributed by atoms with Crippen LogP contribution in [0.1, 0.15) is 0 Å². The zero-order valence-electron chi connectivity index (χ0n) is 7.23. The number of aromatic nitrogens is 2. The van der Waals surface area contributed by atoms with Crippen LogP contribution in [0, 0.1) is 0 Å². The monoisotopic (exact) mass is 223 g/mol. The van der Waals surface area contributed by atoms with Gasteiger partial charge in [-0.1, -0.05) is 0 Å². The molecule has 0 spiro atoms. The first-order chi connectivity index (χ1) is 6.20. The second-order valence-electron chi connectivity index (χ2n) is 2.26. The third kappa shape index (κ3) is 7.44. The van der Waals surface area contributed by atoms with Crippen LogP contribution in [0.2, 0.25) is 0 Å². The van der Waals surface area contributed by atoms with Crippen LogP contribution in [0.15, 0.2) is 17.1 Å². The fourth-order valence-electron chi connectivity index (χ4n) is 0.479. The fourth-order valence-corrected chi connectivity index (χ4v) is 0.479. The number of nitrogens with two attached hydrogens (primary N) is 1. The van der Waals surface area contributed by atoms with Crippen LogP contribution >= 0.6 is 7.82 Å². The topological polar surface area (TPSA) is 139 Å². The molecule has 0 bridgehead atoms. The van der Waals surface area contributed by atoms with E-state index in [-0.39, 0.29) is 11.5 Å². The Labute approximate surface area is 78.9 Å². The van der Waals surface area contributed by atoms with Gasteiger partial charge < -0.3 is 25.0 Å². The summed E-state index contributed by atoms with van der Waals surface area (Å²) in [4.78, 5) is 35.6. The standard InChI is InChI=1S/C5H7N3O.H3O4P/c1-8-3-2-4(6)7-5(8)9;1-5(2,3)4/h2-3H,1H3,(H2,6,7,9);(H3,1,2,3,4). The number of anilines is 1. The van der Waals surface area contributed by atoms with E-state index in [1.165, 1.54) is 4.57 Å². The Bertz CT molecular complexity index is 388. The van der Waals surface area contributed by atoms with Gasteiger partial charge in [-0.05, 0) is 6.07 Å². The molecule has 5 N–H and O–H groups in total. The minimum absolute atomic E-state index is 0.262. The highest BCUT2D eigenvalue weighted by Crippen LogP contribution is 2.25. The molecule has 0 aliphatic carbocycles. The molecule has 8 nitrogen and oxygen atoms in total. The Hall–Kier alpha value is -1.21. The molecule has 1 rings (SSSR count). The number of nitrogens with zero attached hydrogens (tertiary/aromatic N) is 2. The van der Waals surface area contributed by atoms with Crippen LogP contribution < -0.4 is 11.4 Å². The highest BCUT2D eigenvalue weighted by molar-refractivity contribution is 7.45. The molecule has 0 saturated carbocycles. The van der Waals surface area contributed by atoms with Crippen molar-refractivity contribution < 1.29 is 19.2 Å². The average molecular weight is 223 g/mol. The molecule has 0 saturated heterocycles. The van der Waals surface area contributed by atoms with Gasteiger partial charge in [-0.15, -0.1) is 0 Å². The lowest BCUT2D eigenvalue weighted by molar-refractivity contribution is 0.275. The molecule has 0 aliphatic heterocycles. The summed E-state index contributed by atoms with van der Waals surface area (Å²) in [6.45, 7) is 0. The lowest BCUT2D eigenvalue weighted by Crippen LogP contribution is -2.19. The molecule has 0 fully saturated rings. The van der Waals surface area contributed by atoms with Crippen LogP contribution in [0.5, 0.6) is 0 Å². The highest BCUT2D eigenvalue weighted by Gasteiger charge is 2.00. The molecule has 1 aromatic rings. The third-order valence-corrected chi connectivity index (χ3v) is 0.995. The van der Waals surface area contributed by atoms with Crippen molar-refractivity contribution in [1.29, 1.82) is 0 Å². The zero-order valence-corrected chi connectivity index (χ0v) is 8.13. The number of nitrogen functional groups attached to an aromatic ring is 1. The molecule has 0 unspecified atom stereocenters. The van der Waals surface area contributed by atoms with E-state index in [0.717, 1.165) is 0 Å².